The van der Waals surface area contributed by atoms with Crippen LogP contribution < -0.4 is 4.90 Å². The number of amides is 2. The predicted octanol–water partition coefficient (Wildman–Crippen LogP) is 2.38. The van der Waals surface area contributed by atoms with Gasteiger partial charge in [0.15, 0.2) is 0 Å². The molecule has 0 spiro atoms. The maximum atomic E-state index is 12.9. The molecule has 0 bridgehead atoms. The Bertz CT molecular complexity index is 971. The first-order valence-electron chi connectivity index (χ1n) is 9.23. The normalized spacial score (nSPS) is 15.5. The summed E-state index contributed by atoms with van der Waals surface area (Å²) in [5.74, 6) is -0.219. The van der Waals surface area contributed by atoms with E-state index in [4.69, 9.17) is 0 Å². The maximum Gasteiger partial charge on any atom is 0.247 e. The number of aromatic nitrogens is 3. The third-order valence-electron chi connectivity index (χ3n) is 5.00. The zero-order valence-electron chi connectivity index (χ0n) is 15.6. The second-order valence-electron chi connectivity index (χ2n) is 6.74. The van der Waals surface area contributed by atoms with Crippen LogP contribution in [0.4, 0.5) is 5.69 Å². The number of rotatable bonds is 4. The molecule has 4 rings (SSSR count). The fraction of sp³-hybridized carbons (Fsp3) is 0.238. The van der Waals surface area contributed by atoms with E-state index in [1.807, 2.05) is 54.6 Å². The Hall–Kier alpha value is -3.48. The van der Waals surface area contributed by atoms with Gasteiger partial charge in [0.1, 0.15) is 25.2 Å². The van der Waals surface area contributed by atoms with Crippen molar-refractivity contribution in [1.82, 2.24) is 19.7 Å². The molecule has 0 aliphatic carbocycles. The van der Waals surface area contributed by atoms with Crippen molar-refractivity contribution in [2.45, 2.75) is 13.0 Å². The van der Waals surface area contributed by atoms with E-state index in [1.54, 1.807) is 16.7 Å². The molecule has 1 aliphatic rings. The summed E-state index contributed by atoms with van der Waals surface area (Å²) in [6.45, 7) is 2.75. The van der Waals surface area contributed by atoms with Crippen LogP contribution in [0, 0.1) is 0 Å². The highest BCUT2D eigenvalue weighted by Crippen LogP contribution is 2.31. The molecule has 2 heterocycles. The Morgan fingerprint density at radius 3 is 2.50 bits per heavy atom. The summed E-state index contributed by atoms with van der Waals surface area (Å²) in [5, 5.41) is 4.02. The molecule has 1 atom stereocenters. The van der Waals surface area contributed by atoms with E-state index in [2.05, 4.69) is 10.1 Å². The van der Waals surface area contributed by atoms with Crippen LogP contribution in [-0.2, 0) is 9.59 Å². The SMILES string of the molecule is C[C@@H](C(=O)N1CCN(c2ccccc2-c2ccccc2)C(=O)C1)n1cncn1. The number of nitrogens with zero attached hydrogens (tertiary/aromatic N) is 5. The van der Waals surface area contributed by atoms with E-state index in [0.717, 1.165) is 16.8 Å². The summed E-state index contributed by atoms with van der Waals surface area (Å²) in [4.78, 5) is 32.9. The lowest BCUT2D eigenvalue weighted by atomic mass is 10.0. The molecule has 1 aliphatic heterocycles. The molecule has 2 aromatic carbocycles. The summed E-state index contributed by atoms with van der Waals surface area (Å²) < 4.78 is 1.50. The zero-order chi connectivity index (χ0) is 19.5. The fourth-order valence-electron chi connectivity index (χ4n) is 3.48. The molecule has 1 aromatic heterocycles. The van der Waals surface area contributed by atoms with Crippen molar-refractivity contribution in [3.63, 3.8) is 0 Å². The van der Waals surface area contributed by atoms with Gasteiger partial charge in [-0.15, -0.1) is 0 Å². The van der Waals surface area contributed by atoms with Crippen LogP contribution in [0.2, 0.25) is 0 Å². The molecular weight excluding hydrogens is 354 g/mol. The van der Waals surface area contributed by atoms with Gasteiger partial charge in [0.2, 0.25) is 11.8 Å². The lowest BCUT2D eigenvalue weighted by molar-refractivity contribution is -0.139. The topological polar surface area (TPSA) is 71.3 Å². The quantitative estimate of drug-likeness (QED) is 0.702. The number of benzene rings is 2. The molecule has 3 aromatic rings. The number of carbonyl (C=O) groups excluding carboxylic acids is 2. The van der Waals surface area contributed by atoms with Crippen LogP contribution in [-0.4, -0.2) is 51.1 Å². The van der Waals surface area contributed by atoms with E-state index in [9.17, 15) is 9.59 Å². The molecule has 1 fully saturated rings. The number of hydrogen-bond donors (Lipinski definition) is 0. The molecule has 142 valence electrons. The molecule has 7 nitrogen and oxygen atoms in total. The molecule has 0 saturated carbocycles. The van der Waals surface area contributed by atoms with Crippen molar-refractivity contribution in [2.24, 2.45) is 0 Å². The summed E-state index contributed by atoms with van der Waals surface area (Å²) in [7, 11) is 0. The number of carbonyl (C=O) groups is 2. The lowest BCUT2D eigenvalue weighted by Gasteiger charge is -2.36. The van der Waals surface area contributed by atoms with E-state index >= 15 is 0 Å². The van der Waals surface area contributed by atoms with Crippen molar-refractivity contribution in [3.05, 3.63) is 67.3 Å². The molecule has 7 heteroatoms. The van der Waals surface area contributed by atoms with Gasteiger partial charge in [-0.25, -0.2) is 9.67 Å². The average molecular weight is 375 g/mol. The molecule has 2 amide bonds. The Balaban J connectivity index is 1.53. The summed E-state index contributed by atoms with van der Waals surface area (Å²) in [5.41, 5.74) is 2.94. The van der Waals surface area contributed by atoms with Crippen LogP contribution in [0.15, 0.2) is 67.3 Å². The van der Waals surface area contributed by atoms with E-state index in [0.29, 0.717) is 13.1 Å². The number of para-hydroxylation sites is 1. The molecule has 28 heavy (non-hydrogen) atoms. The summed E-state index contributed by atoms with van der Waals surface area (Å²) in [6, 6.07) is 17.4. The van der Waals surface area contributed by atoms with Crippen LogP contribution in [0.5, 0.6) is 0 Å². The van der Waals surface area contributed by atoms with Gasteiger partial charge in [-0.05, 0) is 18.6 Å². The first-order chi connectivity index (χ1) is 13.6. The molecule has 0 N–H and O–H groups in total. The molecule has 0 radical (unpaired) electrons. The maximum absolute atomic E-state index is 12.9. The van der Waals surface area contributed by atoms with Gasteiger partial charge in [-0.2, -0.15) is 5.10 Å². The highest BCUT2D eigenvalue weighted by Gasteiger charge is 2.31. The second kappa shape index (κ2) is 7.64. The van der Waals surface area contributed by atoms with Gasteiger partial charge in [-0.3, -0.25) is 9.59 Å². The Labute approximate surface area is 163 Å². The van der Waals surface area contributed by atoms with Crippen LogP contribution in [0.1, 0.15) is 13.0 Å². The minimum atomic E-state index is -0.488. The van der Waals surface area contributed by atoms with Crippen molar-refractivity contribution in [3.8, 4) is 11.1 Å². The largest absolute Gasteiger partial charge is 0.330 e. The molecule has 0 unspecified atom stereocenters. The van der Waals surface area contributed by atoms with E-state index in [1.165, 1.54) is 17.3 Å². The predicted molar refractivity (Wildman–Crippen MR) is 106 cm³/mol. The van der Waals surface area contributed by atoms with Crippen molar-refractivity contribution >= 4 is 17.5 Å². The molecule has 1 saturated heterocycles. The number of anilines is 1. The van der Waals surface area contributed by atoms with Crippen molar-refractivity contribution < 1.29 is 9.59 Å². The lowest BCUT2D eigenvalue weighted by Crippen LogP contribution is -2.53. The Morgan fingerprint density at radius 1 is 1.04 bits per heavy atom. The fourth-order valence-corrected chi connectivity index (χ4v) is 3.48. The number of piperazine rings is 1. The Morgan fingerprint density at radius 2 is 1.79 bits per heavy atom. The summed E-state index contributed by atoms with van der Waals surface area (Å²) in [6.07, 6.45) is 2.91. The van der Waals surface area contributed by atoms with Gasteiger partial charge in [0, 0.05) is 18.7 Å². The minimum Gasteiger partial charge on any atom is -0.330 e. The van der Waals surface area contributed by atoms with Crippen LogP contribution in [0.3, 0.4) is 0 Å². The van der Waals surface area contributed by atoms with Gasteiger partial charge in [0.05, 0.1) is 5.69 Å². The van der Waals surface area contributed by atoms with E-state index in [-0.39, 0.29) is 18.4 Å². The first kappa shape index (κ1) is 17.9. The highest BCUT2D eigenvalue weighted by molar-refractivity contribution is 6.01. The average Bonchev–Trinajstić information content (AvgIpc) is 3.28. The monoisotopic (exact) mass is 375 g/mol. The first-order valence-corrected chi connectivity index (χ1v) is 9.23. The van der Waals surface area contributed by atoms with Crippen LogP contribution in [0.25, 0.3) is 11.1 Å². The summed E-state index contributed by atoms with van der Waals surface area (Å²) >= 11 is 0. The van der Waals surface area contributed by atoms with Gasteiger partial charge in [-0.1, -0.05) is 48.5 Å². The van der Waals surface area contributed by atoms with Gasteiger partial charge < -0.3 is 9.80 Å². The van der Waals surface area contributed by atoms with E-state index < -0.39 is 6.04 Å². The minimum absolute atomic E-state index is 0.0565. The van der Waals surface area contributed by atoms with Gasteiger partial charge >= 0.3 is 0 Å². The third kappa shape index (κ3) is 3.38. The van der Waals surface area contributed by atoms with Gasteiger partial charge in [0.25, 0.3) is 0 Å². The smallest absolute Gasteiger partial charge is 0.247 e. The zero-order valence-corrected chi connectivity index (χ0v) is 15.6. The highest BCUT2D eigenvalue weighted by atomic mass is 16.2. The number of hydrogen-bond acceptors (Lipinski definition) is 4. The Kier molecular flexibility index (Phi) is 4.89. The van der Waals surface area contributed by atoms with Crippen molar-refractivity contribution in [1.29, 1.82) is 0 Å². The van der Waals surface area contributed by atoms with Crippen LogP contribution >= 0.6 is 0 Å². The standard InChI is InChI=1S/C21H21N5O2/c1-16(26-15-22-14-23-26)21(28)24-11-12-25(20(27)13-24)19-10-6-5-9-18(19)17-7-3-2-4-8-17/h2-10,14-16H,11-13H2,1H3/t16-/m0/s1. The molecular formula is C21H21N5O2. The second-order valence-corrected chi connectivity index (χ2v) is 6.74. The third-order valence-corrected chi connectivity index (χ3v) is 5.00. The van der Waals surface area contributed by atoms with Crippen molar-refractivity contribution in [2.75, 3.05) is 24.5 Å².